The molecular weight excluding hydrogens is 424 g/mol. The van der Waals surface area contributed by atoms with Crippen LogP contribution in [0.4, 0.5) is 23.2 Å². The molecule has 0 spiro atoms. The molecular formula is C23H24F4N4O. The first-order valence-corrected chi connectivity index (χ1v) is 10.5. The van der Waals surface area contributed by atoms with Crippen molar-refractivity contribution in [1.29, 1.82) is 0 Å². The van der Waals surface area contributed by atoms with E-state index in [1.54, 1.807) is 25.4 Å². The van der Waals surface area contributed by atoms with Crippen LogP contribution in [0.1, 0.15) is 36.1 Å². The number of benzene rings is 1. The highest BCUT2D eigenvalue weighted by molar-refractivity contribution is 5.96. The van der Waals surface area contributed by atoms with Crippen LogP contribution in [-0.4, -0.2) is 37.2 Å². The summed E-state index contributed by atoms with van der Waals surface area (Å²) in [7, 11) is 1.76. The number of nitrogens with zero attached hydrogens (tertiary/aromatic N) is 1. The molecule has 1 aromatic carbocycles. The molecule has 2 aliphatic rings. The van der Waals surface area contributed by atoms with E-state index in [4.69, 9.17) is 0 Å². The summed E-state index contributed by atoms with van der Waals surface area (Å²) in [5, 5.41) is 9.05. The van der Waals surface area contributed by atoms with E-state index < -0.39 is 17.4 Å². The van der Waals surface area contributed by atoms with E-state index in [2.05, 4.69) is 20.9 Å². The number of amides is 1. The second-order valence-corrected chi connectivity index (χ2v) is 8.26. The Hall–Kier alpha value is -2.94. The molecule has 3 N–H and O–H groups in total. The number of halogens is 4. The van der Waals surface area contributed by atoms with Crippen molar-refractivity contribution in [2.75, 3.05) is 25.5 Å². The highest BCUT2D eigenvalue weighted by atomic mass is 19.4. The lowest BCUT2D eigenvalue weighted by molar-refractivity contribution is -0.160. The zero-order valence-electron chi connectivity index (χ0n) is 17.6. The van der Waals surface area contributed by atoms with Gasteiger partial charge in [-0.25, -0.2) is 4.39 Å². The molecule has 2 aromatic rings. The van der Waals surface area contributed by atoms with Gasteiger partial charge in [0.15, 0.2) is 0 Å². The van der Waals surface area contributed by atoms with Gasteiger partial charge in [0.2, 0.25) is 5.91 Å². The Bertz CT molecular complexity index is 1060. The molecule has 1 aliphatic heterocycles. The van der Waals surface area contributed by atoms with Crippen LogP contribution in [0.2, 0.25) is 0 Å². The molecule has 1 amide bonds. The molecule has 0 atom stereocenters. The van der Waals surface area contributed by atoms with E-state index in [1.807, 2.05) is 0 Å². The summed E-state index contributed by atoms with van der Waals surface area (Å²) < 4.78 is 54.6. The van der Waals surface area contributed by atoms with E-state index >= 15 is 0 Å². The average Bonchev–Trinajstić information content (AvgIpc) is 3.53. The summed E-state index contributed by atoms with van der Waals surface area (Å²) in [6.45, 7) is 0.943. The molecule has 0 bridgehead atoms. The van der Waals surface area contributed by atoms with Crippen LogP contribution in [0.15, 0.2) is 47.8 Å². The molecule has 4 rings (SSSR count). The number of anilines is 1. The minimum absolute atomic E-state index is 0.0192. The molecule has 2 heterocycles. The Morgan fingerprint density at radius 2 is 1.97 bits per heavy atom. The molecule has 9 heteroatoms. The van der Waals surface area contributed by atoms with Crippen molar-refractivity contribution in [3.8, 4) is 0 Å². The minimum Gasteiger partial charge on any atom is -0.358 e. The maximum atomic E-state index is 14.2. The SMILES string of the molecule is CNCC1=C(Nc2ccnc(Cc3cc(F)cc(C4(C(F)(F)F)CC4)c3)c2)CCNC1=O. The molecule has 1 aliphatic carbocycles. The van der Waals surface area contributed by atoms with Gasteiger partial charge in [0, 0.05) is 54.8 Å². The number of pyridine rings is 1. The summed E-state index contributed by atoms with van der Waals surface area (Å²) >= 11 is 0. The lowest BCUT2D eigenvalue weighted by Crippen LogP contribution is -2.36. The van der Waals surface area contributed by atoms with Crippen molar-refractivity contribution in [2.24, 2.45) is 0 Å². The topological polar surface area (TPSA) is 66.1 Å². The number of nitrogens with one attached hydrogen (secondary N) is 3. The smallest absolute Gasteiger partial charge is 0.358 e. The van der Waals surface area contributed by atoms with Gasteiger partial charge in [0.1, 0.15) is 5.82 Å². The lowest BCUT2D eigenvalue weighted by atomic mass is 9.92. The third kappa shape index (κ3) is 4.48. The first-order chi connectivity index (χ1) is 15.2. The van der Waals surface area contributed by atoms with Gasteiger partial charge < -0.3 is 16.0 Å². The van der Waals surface area contributed by atoms with Crippen LogP contribution in [0.5, 0.6) is 0 Å². The van der Waals surface area contributed by atoms with Crippen LogP contribution in [0.25, 0.3) is 0 Å². The molecule has 5 nitrogen and oxygen atoms in total. The number of carbonyl (C=O) groups is 1. The molecule has 0 saturated heterocycles. The fraction of sp³-hybridized carbons (Fsp3) is 0.391. The Morgan fingerprint density at radius 3 is 2.66 bits per heavy atom. The number of likely N-dealkylation sites (N-methyl/N-ethyl adjacent to an activating group) is 1. The van der Waals surface area contributed by atoms with E-state index in [0.717, 1.165) is 11.8 Å². The van der Waals surface area contributed by atoms with Crippen molar-refractivity contribution < 1.29 is 22.4 Å². The molecule has 1 saturated carbocycles. The fourth-order valence-corrected chi connectivity index (χ4v) is 4.12. The van der Waals surface area contributed by atoms with Gasteiger partial charge in [0.25, 0.3) is 0 Å². The monoisotopic (exact) mass is 448 g/mol. The van der Waals surface area contributed by atoms with Gasteiger partial charge in [-0.3, -0.25) is 9.78 Å². The quantitative estimate of drug-likeness (QED) is 0.564. The fourth-order valence-electron chi connectivity index (χ4n) is 4.12. The summed E-state index contributed by atoms with van der Waals surface area (Å²) in [4.78, 5) is 16.4. The van der Waals surface area contributed by atoms with Crippen LogP contribution < -0.4 is 16.0 Å². The summed E-state index contributed by atoms with van der Waals surface area (Å²) in [6, 6.07) is 7.18. The van der Waals surface area contributed by atoms with Gasteiger partial charge in [-0.2, -0.15) is 13.2 Å². The highest BCUT2D eigenvalue weighted by Gasteiger charge is 2.64. The average molecular weight is 448 g/mol. The predicted octanol–water partition coefficient (Wildman–Crippen LogP) is 3.81. The number of carbonyl (C=O) groups excluding carboxylic acids is 1. The summed E-state index contributed by atoms with van der Waals surface area (Å²) in [6.07, 6.45) is -2.02. The second-order valence-electron chi connectivity index (χ2n) is 8.26. The summed E-state index contributed by atoms with van der Waals surface area (Å²) in [5.74, 6) is -0.814. The van der Waals surface area contributed by atoms with Gasteiger partial charge in [-0.1, -0.05) is 6.07 Å². The third-order valence-electron chi connectivity index (χ3n) is 5.95. The summed E-state index contributed by atoms with van der Waals surface area (Å²) in [5.41, 5.74) is 1.19. The standard InChI is InChI=1S/C23H24F4N4O/c1-28-13-19-20(3-7-30-21(19)32)31-17-2-6-29-18(12-17)10-14-8-15(11-16(24)9-14)22(4-5-22)23(25,26)27/h2,6,8-9,11-12,28H,3-5,7,10,13H2,1H3,(H,29,31)(H,30,32). The molecule has 32 heavy (non-hydrogen) atoms. The molecule has 170 valence electrons. The molecule has 0 radical (unpaired) electrons. The van der Waals surface area contributed by atoms with Gasteiger partial charge in [0.05, 0.1) is 5.41 Å². The van der Waals surface area contributed by atoms with Crippen LogP contribution in [-0.2, 0) is 16.6 Å². The van der Waals surface area contributed by atoms with E-state index in [-0.39, 0.29) is 30.7 Å². The Labute approximate surface area is 183 Å². The van der Waals surface area contributed by atoms with Gasteiger partial charge in [-0.05, 0) is 55.3 Å². The zero-order chi connectivity index (χ0) is 22.9. The van der Waals surface area contributed by atoms with Crippen LogP contribution >= 0.6 is 0 Å². The van der Waals surface area contributed by atoms with Crippen molar-refractivity contribution in [3.05, 3.63) is 70.4 Å². The molecule has 1 fully saturated rings. The van der Waals surface area contributed by atoms with Gasteiger partial charge in [-0.15, -0.1) is 0 Å². The number of hydrogen-bond acceptors (Lipinski definition) is 4. The number of aromatic nitrogens is 1. The van der Waals surface area contributed by atoms with Crippen molar-refractivity contribution in [1.82, 2.24) is 15.6 Å². The van der Waals surface area contributed by atoms with E-state index in [9.17, 15) is 22.4 Å². The Morgan fingerprint density at radius 1 is 1.19 bits per heavy atom. The van der Waals surface area contributed by atoms with Crippen molar-refractivity contribution in [2.45, 2.75) is 37.3 Å². The van der Waals surface area contributed by atoms with Crippen molar-refractivity contribution >= 4 is 11.6 Å². The number of hydrogen-bond donors (Lipinski definition) is 3. The predicted molar refractivity (Wildman–Crippen MR) is 113 cm³/mol. The lowest BCUT2D eigenvalue weighted by Gasteiger charge is -2.22. The Balaban J connectivity index is 1.56. The largest absolute Gasteiger partial charge is 0.398 e. The Kier molecular flexibility index (Phi) is 5.94. The first kappa shape index (κ1) is 22.3. The zero-order valence-corrected chi connectivity index (χ0v) is 17.6. The molecule has 1 aromatic heterocycles. The van der Waals surface area contributed by atoms with E-state index in [0.29, 0.717) is 42.0 Å². The highest BCUT2D eigenvalue weighted by Crippen LogP contribution is 2.59. The number of alkyl halides is 3. The minimum atomic E-state index is -4.40. The normalized spacial score (nSPS) is 17.8. The van der Waals surface area contributed by atoms with E-state index in [1.165, 1.54) is 12.1 Å². The van der Waals surface area contributed by atoms with Crippen LogP contribution in [0, 0.1) is 5.82 Å². The maximum Gasteiger partial charge on any atom is 0.398 e. The third-order valence-corrected chi connectivity index (χ3v) is 5.95. The second kappa shape index (κ2) is 8.54. The maximum absolute atomic E-state index is 14.2. The van der Waals surface area contributed by atoms with Gasteiger partial charge >= 0.3 is 6.18 Å². The number of rotatable bonds is 7. The van der Waals surface area contributed by atoms with Crippen molar-refractivity contribution in [3.63, 3.8) is 0 Å². The molecule has 0 unspecified atom stereocenters. The van der Waals surface area contributed by atoms with Crippen LogP contribution in [0.3, 0.4) is 0 Å². The first-order valence-electron chi connectivity index (χ1n) is 10.5.